The van der Waals surface area contributed by atoms with Crippen LogP contribution in [0.3, 0.4) is 0 Å². The number of rotatable bonds is 8. The monoisotopic (exact) mass is 500 g/mol. The highest BCUT2D eigenvalue weighted by molar-refractivity contribution is 5.85. The van der Waals surface area contributed by atoms with E-state index in [0.29, 0.717) is 19.3 Å². The second-order valence-electron chi connectivity index (χ2n) is 10.1. The standard InChI is InChI=1S/C33H28N2O3/c1-22-30(21-29-9-5-8-28(34-29)20-23-6-3-2-4-7-23)31(38-35-22)26-12-10-24(11-13-26)25-14-16-27(17-15-25)33(18-19-33)32(36)37/h2-17H,18-21H2,1H3,(H,36,37). The molecule has 5 nitrogen and oxygen atoms in total. The molecular weight excluding hydrogens is 472 g/mol. The summed E-state index contributed by atoms with van der Waals surface area (Å²) < 4.78 is 5.77. The van der Waals surface area contributed by atoms with E-state index in [-0.39, 0.29) is 0 Å². The number of aryl methyl sites for hydroxylation is 1. The SMILES string of the molecule is Cc1noc(-c2ccc(-c3ccc(C4(C(=O)O)CC4)cc3)cc2)c1Cc1cccc(Cc2ccccc2)n1. The highest BCUT2D eigenvalue weighted by Gasteiger charge is 2.51. The van der Waals surface area contributed by atoms with Gasteiger partial charge in [-0.2, -0.15) is 0 Å². The number of aliphatic carboxylic acids is 1. The molecule has 0 aliphatic heterocycles. The van der Waals surface area contributed by atoms with E-state index >= 15 is 0 Å². The van der Waals surface area contributed by atoms with Gasteiger partial charge in [-0.15, -0.1) is 0 Å². The van der Waals surface area contributed by atoms with E-state index in [0.717, 1.165) is 57.1 Å². The zero-order valence-electron chi connectivity index (χ0n) is 21.2. The van der Waals surface area contributed by atoms with Crippen molar-refractivity contribution in [2.75, 3.05) is 0 Å². The Morgan fingerprint density at radius 1 is 0.789 bits per heavy atom. The molecule has 0 saturated heterocycles. The number of carboxylic acid groups (broad SMARTS) is 1. The smallest absolute Gasteiger partial charge is 0.314 e. The van der Waals surface area contributed by atoms with Crippen LogP contribution in [0.15, 0.2) is 102 Å². The second kappa shape index (κ2) is 9.75. The first-order chi connectivity index (χ1) is 18.5. The molecule has 0 atom stereocenters. The van der Waals surface area contributed by atoms with Crippen LogP contribution in [0.1, 0.15) is 46.6 Å². The maximum absolute atomic E-state index is 11.6. The highest BCUT2D eigenvalue weighted by Crippen LogP contribution is 2.48. The van der Waals surface area contributed by atoms with E-state index in [1.54, 1.807) is 0 Å². The molecule has 38 heavy (non-hydrogen) atoms. The van der Waals surface area contributed by atoms with E-state index < -0.39 is 11.4 Å². The van der Waals surface area contributed by atoms with Crippen LogP contribution in [0.25, 0.3) is 22.5 Å². The molecule has 1 N–H and O–H groups in total. The minimum atomic E-state index is -0.731. The molecule has 0 bridgehead atoms. The molecule has 0 amide bonds. The van der Waals surface area contributed by atoms with Crippen LogP contribution in [0.5, 0.6) is 0 Å². The van der Waals surface area contributed by atoms with Crippen molar-refractivity contribution in [1.82, 2.24) is 10.1 Å². The van der Waals surface area contributed by atoms with Crippen molar-refractivity contribution in [3.8, 4) is 22.5 Å². The second-order valence-corrected chi connectivity index (χ2v) is 10.1. The number of pyridine rings is 1. The van der Waals surface area contributed by atoms with Crippen LogP contribution >= 0.6 is 0 Å². The predicted octanol–water partition coefficient (Wildman–Crippen LogP) is 7.01. The van der Waals surface area contributed by atoms with E-state index in [1.165, 1.54) is 5.56 Å². The molecule has 5 heteroatoms. The molecule has 0 radical (unpaired) electrons. The van der Waals surface area contributed by atoms with Crippen LogP contribution in [0, 0.1) is 6.92 Å². The van der Waals surface area contributed by atoms with Crippen molar-refractivity contribution in [1.29, 1.82) is 0 Å². The lowest BCUT2D eigenvalue weighted by Gasteiger charge is -2.11. The van der Waals surface area contributed by atoms with Gasteiger partial charge in [-0.3, -0.25) is 9.78 Å². The molecule has 1 fully saturated rings. The summed E-state index contributed by atoms with van der Waals surface area (Å²) in [6.07, 6.45) is 2.86. The first kappa shape index (κ1) is 23.9. The van der Waals surface area contributed by atoms with Gasteiger partial charge >= 0.3 is 5.97 Å². The number of hydrogen-bond acceptors (Lipinski definition) is 4. The van der Waals surface area contributed by atoms with Crippen LogP contribution in [-0.2, 0) is 23.1 Å². The third-order valence-electron chi connectivity index (χ3n) is 7.51. The lowest BCUT2D eigenvalue weighted by atomic mass is 9.93. The lowest BCUT2D eigenvalue weighted by molar-refractivity contribution is -0.140. The van der Waals surface area contributed by atoms with Crippen LogP contribution in [0.4, 0.5) is 0 Å². The number of nitrogens with zero attached hydrogens (tertiary/aromatic N) is 2. The Bertz CT molecular complexity index is 1580. The van der Waals surface area contributed by atoms with Gasteiger partial charge in [-0.25, -0.2) is 0 Å². The number of benzene rings is 3. The van der Waals surface area contributed by atoms with Gasteiger partial charge in [0.1, 0.15) is 0 Å². The number of aromatic nitrogens is 2. The molecule has 0 unspecified atom stereocenters. The first-order valence-corrected chi connectivity index (χ1v) is 12.9. The Morgan fingerprint density at radius 2 is 1.39 bits per heavy atom. The molecule has 0 spiro atoms. The van der Waals surface area contributed by atoms with Crippen molar-refractivity contribution in [2.45, 2.75) is 38.0 Å². The van der Waals surface area contributed by atoms with Crippen LogP contribution in [0.2, 0.25) is 0 Å². The molecular formula is C33H28N2O3. The molecule has 1 saturated carbocycles. The Morgan fingerprint density at radius 3 is 2.03 bits per heavy atom. The summed E-state index contributed by atoms with van der Waals surface area (Å²) in [6.45, 7) is 1.97. The quantitative estimate of drug-likeness (QED) is 0.248. The fraction of sp³-hybridized carbons (Fsp3) is 0.182. The molecule has 3 aromatic carbocycles. The van der Waals surface area contributed by atoms with Gasteiger partial charge in [0.25, 0.3) is 0 Å². The van der Waals surface area contributed by atoms with E-state index in [4.69, 9.17) is 9.51 Å². The van der Waals surface area contributed by atoms with Crippen molar-refractivity contribution in [3.05, 3.63) is 131 Å². The van der Waals surface area contributed by atoms with Crippen LogP contribution < -0.4 is 0 Å². The average Bonchev–Trinajstić information content (AvgIpc) is 3.69. The number of carboxylic acids is 1. The van der Waals surface area contributed by atoms with Gasteiger partial charge in [0.05, 0.1) is 11.1 Å². The predicted molar refractivity (Wildman–Crippen MR) is 147 cm³/mol. The Balaban J connectivity index is 1.21. The number of carbonyl (C=O) groups is 1. The van der Waals surface area contributed by atoms with E-state index in [1.807, 2.05) is 55.5 Å². The van der Waals surface area contributed by atoms with Crippen molar-refractivity contribution in [3.63, 3.8) is 0 Å². The summed E-state index contributed by atoms with van der Waals surface area (Å²) in [5.74, 6) is 0.0303. The Kier molecular flexibility index (Phi) is 6.12. The van der Waals surface area contributed by atoms with Crippen molar-refractivity contribution in [2.24, 2.45) is 0 Å². The minimum absolute atomic E-state index is 0.641. The van der Waals surface area contributed by atoms with Gasteiger partial charge in [-0.05, 0) is 54.2 Å². The zero-order valence-corrected chi connectivity index (χ0v) is 21.2. The third-order valence-corrected chi connectivity index (χ3v) is 7.51. The van der Waals surface area contributed by atoms with Gasteiger partial charge in [0.2, 0.25) is 0 Å². The zero-order chi connectivity index (χ0) is 26.1. The van der Waals surface area contributed by atoms with Gasteiger partial charge in [0.15, 0.2) is 5.76 Å². The summed E-state index contributed by atoms with van der Waals surface area (Å²) in [5.41, 5.74) is 8.44. The summed E-state index contributed by atoms with van der Waals surface area (Å²) in [5, 5.41) is 13.8. The molecule has 2 heterocycles. The Labute approximate surface area is 221 Å². The maximum atomic E-state index is 11.6. The molecule has 1 aliphatic rings. The average molecular weight is 501 g/mol. The summed E-state index contributed by atoms with van der Waals surface area (Å²) in [7, 11) is 0. The summed E-state index contributed by atoms with van der Waals surface area (Å²) in [6, 6.07) is 32.7. The molecule has 188 valence electrons. The van der Waals surface area contributed by atoms with Gasteiger partial charge < -0.3 is 9.63 Å². The summed E-state index contributed by atoms with van der Waals surface area (Å²) >= 11 is 0. The van der Waals surface area contributed by atoms with Crippen molar-refractivity contribution < 1.29 is 14.4 Å². The molecule has 1 aliphatic carbocycles. The molecule has 5 aromatic rings. The minimum Gasteiger partial charge on any atom is -0.481 e. The topological polar surface area (TPSA) is 76.2 Å². The maximum Gasteiger partial charge on any atom is 0.314 e. The van der Waals surface area contributed by atoms with Crippen molar-refractivity contribution >= 4 is 5.97 Å². The van der Waals surface area contributed by atoms with Crippen LogP contribution in [-0.4, -0.2) is 21.2 Å². The Hall–Kier alpha value is -4.51. The highest BCUT2D eigenvalue weighted by atomic mass is 16.5. The number of hydrogen-bond donors (Lipinski definition) is 1. The first-order valence-electron chi connectivity index (χ1n) is 12.9. The largest absolute Gasteiger partial charge is 0.481 e. The lowest BCUT2D eigenvalue weighted by Crippen LogP contribution is -2.19. The van der Waals surface area contributed by atoms with Gasteiger partial charge in [-0.1, -0.05) is 90.1 Å². The van der Waals surface area contributed by atoms with E-state index in [9.17, 15) is 9.90 Å². The third kappa shape index (κ3) is 4.63. The van der Waals surface area contributed by atoms with E-state index in [2.05, 4.69) is 53.7 Å². The molecule has 6 rings (SSSR count). The normalized spacial score (nSPS) is 13.8. The molecule has 2 aromatic heterocycles. The van der Waals surface area contributed by atoms with Gasteiger partial charge in [0, 0.05) is 35.4 Å². The summed E-state index contributed by atoms with van der Waals surface area (Å²) in [4.78, 5) is 16.5. The fourth-order valence-corrected chi connectivity index (χ4v) is 5.08. The fourth-order valence-electron chi connectivity index (χ4n) is 5.08.